The lowest BCUT2D eigenvalue weighted by atomic mass is 9.79. The van der Waals surface area contributed by atoms with Crippen molar-refractivity contribution in [2.45, 2.75) is 18.1 Å². The molecule has 7 nitrogen and oxygen atoms in total. The van der Waals surface area contributed by atoms with Gasteiger partial charge in [-0.25, -0.2) is 8.42 Å². The van der Waals surface area contributed by atoms with E-state index < -0.39 is 21.7 Å². The Morgan fingerprint density at radius 1 is 1.18 bits per heavy atom. The first-order chi connectivity index (χ1) is 13.2. The SMILES string of the molecule is CN(c1ccc(C(=O)N[C@]2(c3ccccc3)CCNC[C@H]2O)cc1)S(C)(=O)=O. The van der Waals surface area contributed by atoms with Crippen molar-refractivity contribution in [3.63, 3.8) is 0 Å². The maximum absolute atomic E-state index is 12.9. The zero-order valence-electron chi connectivity index (χ0n) is 15.9. The molecule has 3 rings (SSSR count). The van der Waals surface area contributed by atoms with Gasteiger partial charge < -0.3 is 15.7 Å². The first kappa shape index (κ1) is 20.3. The van der Waals surface area contributed by atoms with Crippen LogP contribution >= 0.6 is 0 Å². The zero-order chi connectivity index (χ0) is 20.4. The summed E-state index contributed by atoms with van der Waals surface area (Å²) >= 11 is 0. The molecule has 8 heteroatoms. The second kappa shape index (κ2) is 7.90. The van der Waals surface area contributed by atoms with Crippen LogP contribution in [-0.2, 0) is 15.6 Å². The number of hydrogen-bond acceptors (Lipinski definition) is 5. The first-order valence-electron chi connectivity index (χ1n) is 9.05. The number of anilines is 1. The Morgan fingerprint density at radius 3 is 2.39 bits per heavy atom. The van der Waals surface area contributed by atoms with Gasteiger partial charge in [0.05, 0.1) is 23.6 Å². The molecule has 0 bridgehead atoms. The van der Waals surface area contributed by atoms with Crippen molar-refractivity contribution in [2.24, 2.45) is 0 Å². The van der Waals surface area contributed by atoms with Gasteiger partial charge >= 0.3 is 0 Å². The number of hydrogen-bond donors (Lipinski definition) is 3. The molecular formula is C20H25N3O4S. The molecule has 0 aliphatic carbocycles. The summed E-state index contributed by atoms with van der Waals surface area (Å²) in [5.74, 6) is -0.321. The van der Waals surface area contributed by atoms with Crippen molar-refractivity contribution in [2.75, 3.05) is 30.7 Å². The van der Waals surface area contributed by atoms with E-state index in [-0.39, 0.29) is 5.91 Å². The largest absolute Gasteiger partial charge is 0.389 e. The minimum absolute atomic E-state index is 0.321. The van der Waals surface area contributed by atoms with Crippen LogP contribution in [0, 0.1) is 0 Å². The van der Waals surface area contributed by atoms with Crippen molar-refractivity contribution in [1.82, 2.24) is 10.6 Å². The van der Waals surface area contributed by atoms with E-state index in [9.17, 15) is 18.3 Å². The summed E-state index contributed by atoms with van der Waals surface area (Å²) in [4.78, 5) is 12.9. The number of rotatable bonds is 5. The second-order valence-electron chi connectivity index (χ2n) is 7.04. The van der Waals surface area contributed by atoms with Gasteiger partial charge in [-0.15, -0.1) is 0 Å². The molecule has 1 saturated heterocycles. The molecule has 0 saturated carbocycles. The molecule has 1 aliphatic heterocycles. The molecular weight excluding hydrogens is 378 g/mol. The molecule has 150 valence electrons. The number of carbonyl (C=O) groups excluding carboxylic acids is 1. The normalized spacial score (nSPS) is 22.5. The second-order valence-corrected chi connectivity index (χ2v) is 9.05. The highest BCUT2D eigenvalue weighted by molar-refractivity contribution is 7.92. The third kappa shape index (κ3) is 4.04. The molecule has 1 heterocycles. The monoisotopic (exact) mass is 403 g/mol. The topological polar surface area (TPSA) is 98.7 Å². The Morgan fingerprint density at radius 2 is 1.82 bits per heavy atom. The van der Waals surface area contributed by atoms with Gasteiger partial charge in [0, 0.05) is 19.2 Å². The fourth-order valence-electron chi connectivity index (χ4n) is 3.44. The molecule has 1 fully saturated rings. The Hall–Kier alpha value is -2.42. The summed E-state index contributed by atoms with van der Waals surface area (Å²) in [6, 6.07) is 15.8. The minimum Gasteiger partial charge on any atom is -0.389 e. The molecule has 1 amide bonds. The van der Waals surface area contributed by atoms with Gasteiger partial charge in [-0.05, 0) is 42.8 Å². The van der Waals surface area contributed by atoms with Crippen LogP contribution in [0.25, 0.3) is 0 Å². The number of amides is 1. The van der Waals surface area contributed by atoms with Gasteiger partial charge in [0.15, 0.2) is 0 Å². The van der Waals surface area contributed by atoms with Crippen LogP contribution in [0.15, 0.2) is 54.6 Å². The number of β-amino-alcohol motifs (C(OH)–C–C–N with tert-alkyl or cyclic N) is 1. The number of benzene rings is 2. The quantitative estimate of drug-likeness (QED) is 0.694. The highest BCUT2D eigenvalue weighted by Gasteiger charge is 2.42. The third-order valence-corrected chi connectivity index (χ3v) is 6.42. The molecule has 2 atom stereocenters. The summed E-state index contributed by atoms with van der Waals surface area (Å²) in [5, 5.41) is 16.9. The average molecular weight is 404 g/mol. The number of nitrogens with one attached hydrogen (secondary N) is 2. The Bertz CT molecular complexity index is 932. The summed E-state index contributed by atoms with van der Waals surface area (Å²) in [6.07, 6.45) is 0.900. The number of aliphatic hydroxyl groups excluding tert-OH is 1. The van der Waals surface area contributed by atoms with E-state index in [0.717, 1.165) is 16.1 Å². The average Bonchev–Trinajstić information content (AvgIpc) is 2.69. The molecule has 2 aromatic rings. The van der Waals surface area contributed by atoms with E-state index in [1.54, 1.807) is 24.3 Å². The third-order valence-electron chi connectivity index (χ3n) is 5.22. The number of aliphatic hydroxyl groups is 1. The van der Waals surface area contributed by atoms with Crippen LogP contribution in [0.4, 0.5) is 5.69 Å². The van der Waals surface area contributed by atoms with Gasteiger partial charge in [-0.3, -0.25) is 9.10 Å². The van der Waals surface area contributed by atoms with Crippen LogP contribution in [0.5, 0.6) is 0 Å². The number of carbonyl (C=O) groups is 1. The minimum atomic E-state index is -3.37. The zero-order valence-corrected chi connectivity index (χ0v) is 16.7. The van der Waals surface area contributed by atoms with Gasteiger partial charge in [0.2, 0.25) is 10.0 Å². The van der Waals surface area contributed by atoms with Gasteiger partial charge in [0.1, 0.15) is 0 Å². The van der Waals surface area contributed by atoms with Crippen molar-refractivity contribution in [3.8, 4) is 0 Å². The number of nitrogens with zero attached hydrogens (tertiary/aromatic N) is 1. The van der Waals surface area contributed by atoms with E-state index in [4.69, 9.17) is 0 Å². The number of piperidine rings is 1. The van der Waals surface area contributed by atoms with E-state index in [1.807, 2.05) is 30.3 Å². The maximum Gasteiger partial charge on any atom is 0.252 e. The van der Waals surface area contributed by atoms with Crippen LogP contribution in [0.2, 0.25) is 0 Å². The fraction of sp³-hybridized carbons (Fsp3) is 0.350. The standard InChI is InChI=1S/C20H25N3O4S/c1-23(28(2,26)27)17-10-8-15(9-11-17)19(25)22-20(12-13-21-14-18(20)24)16-6-4-3-5-7-16/h3-11,18,21,24H,12-14H2,1-2H3,(H,22,25)/t18-,20+/m1/s1. The highest BCUT2D eigenvalue weighted by Crippen LogP contribution is 2.31. The Kier molecular flexibility index (Phi) is 5.74. The maximum atomic E-state index is 12.9. The predicted octanol–water partition coefficient (Wildman–Crippen LogP) is 1.06. The van der Waals surface area contributed by atoms with Crippen LogP contribution in [0.3, 0.4) is 0 Å². The summed E-state index contributed by atoms with van der Waals surface area (Å²) in [6.45, 7) is 1.05. The highest BCUT2D eigenvalue weighted by atomic mass is 32.2. The molecule has 1 aliphatic rings. The smallest absolute Gasteiger partial charge is 0.252 e. The van der Waals surface area contributed by atoms with Crippen molar-refractivity contribution in [3.05, 3.63) is 65.7 Å². The Labute approximate surface area is 165 Å². The molecule has 0 unspecified atom stereocenters. The van der Waals surface area contributed by atoms with Crippen molar-refractivity contribution in [1.29, 1.82) is 0 Å². The molecule has 28 heavy (non-hydrogen) atoms. The number of sulfonamides is 1. The lowest BCUT2D eigenvalue weighted by Crippen LogP contribution is -2.61. The van der Waals surface area contributed by atoms with E-state index in [1.165, 1.54) is 7.05 Å². The predicted molar refractivity (Wildman–Crippen MR) is 109 cm³/mol. The molecule has 0 radical (unpaired) electrons. The van der Waals surface area contributed by atoms with Gasteiger partial charge in [-0.2, -0.15) is 0 Å². The van der Waals surface area contributed by atoms with Crippen LogP contribution in [-0.4, -0.2) is 51.9 Å². The summed E-state index contributed by atoms with van der Waals surface area (Å²) in [7, 11) is -1.91. The lowest BCUT2D eigenvalue weighted by molar-refractivity contribution is 0.0290. The van der Waals surface area contributed by atoms with E-state index in [0.29, 0.717) is 30.8 Å². The van der Waals surface area contributed by atoms with Crippen molar-refractivity contribution >= 4 is 21.6 Å². The molecule has 3 N–H and O–H groups in total. The fourth-order valence-corrected chi connectivity index (χ4v) is 3.95. The Balaban J connectivity index is 1.87. The van der Waals surface area contributed by atoms with E-state index in [2.05, 4.69) is 10.6 Å². The van der Waals surface area contributed by atoms with E-state index >= 15 is 0 Å². The molecule has 0 spiro atoms. The van der Waals surface area contributed by atoms with Crippen molar-refractivity contribution < 1.29 is 18.3 Å². The van der Waals surface area contributed by atoms with Crippen LogP contribution < -0.4 is 14.9 Å². The molecule has 0 aromatic heterocycles. The summed E-state index contributed by atoms with van der Waals surface area (Å²) in [5.41, 5.74) is 0.836. The van der Waals surface area contributed by atoms with Crippen LogP contribution in [0.1, 0.15) is 22.3 Å². The first-order valence-corrected chi connectivity index (χ1v) is 10.9. The molecule has 2 aromatic carbocycles. The van der Waals surface area contributed by atoms with Gasteiger partial charge in [-0.1, -0.05) is 30.3 Å². The summed E-state index contributed by atoms with van der Waals surface area (Å²) < 4.78 is 24.5. The lowest BCUT2D eigenvalue weighted by Gasteiger charge is -2.43. The van der Waals surface area contributed by atoms with Gasteiger partial charge in [0.25, 0.3) is 5.91 Å².